The highest BCUT2D eigenvalue weighted by Gasteiger charge is 2.46. The Kier molecular flexibility index (Phi) is 5.61. The van der Waals surface area contributed by atoms with Crippen LogP contribution in [-0.2, 0) is 16.1 Å². The molecule has 26 heavy (non-hydrogen) atoms. The maximum Gasteiger partial charge on any atom is 0.225 e. The molecule has 142 valence electrons. The third-order valence-electron chi connectivity index (χ3n) is 5.49. The predicted octanol–water partition coefficient (Wildman–Crippen LogP) is 1.62. The zero-order chi connectivity index (χ0) is 18.7. The monoisotopic (exact) mass is 358 g/mol. The normalized spacial score (nSPS) is 24.5. The molecule has 2 aliphatic heterocycles. The van der Waals surface area contributed by atoms with Crippen molar-refractivity contribution in [2.45, 2.75) is 33.7 Å². The molecule has 6 heteroatoms. The topological polar surface area (TPSA) is 56.8 Å². The van der Waals surface area contributed by atoms with Gasteiger partial charge in [-0.2, -0.15) is 0 Å². The average Bonchev–Trinajstić information content (AvgIpc) is 2.82. The fourth-order valence-corrected chi connectivity index (χ4v) is 4.27. The minimum atomic E-state index is -0.170. The van der Waals surface area contributed by atoms with Crippen molar-refractivity contribution in [3.63, 3.8) is 0 Å². The van der Waals surface area contributed by atoms with E-state index < -0.39 is 0 Å². The van der Waals surface area contributed by atoms with Crippen molar-refractivity contribution in [2.75, 3.05) is 39.3 Å². The first-order chi connectivity index (χ1) is 12.4. The quantitative estimate of drug-likeness (QED) is 0.821. The number of carbonyl (C=O) groups is 2. The van der Waals surface area contributed by atoms with Crippen LogP contribution in [0.15, 0.2) is 24.5 Å². The van der Waals surface area contributed by atoms with E-state index in [0.717, 1.165) is 39.3 Å². The van der Waals surface area contributed by atoms with Gasteiger partial charge in [0.25, 0.3) is 0 Å². The van der Waals surface area contributed by atoms with Crippen LogP contribution < -0.4 is 0 Å². The van der Waals surface area contributed by atoms with Crippen LogP contribution >= 0.6 is 0 Å². The first-order valence-corrected chi connectivity index (χ1v) is 9.60. The van der Waals surface area contributed by atoms with Crippen LogP contribution in [0.1, 0.15) is 32.8 Å². The van der Waals surface area contributed by atoms with Crippen molar-refractivity contribution in [3.8, 4) is 0 Å². The number of likely N-dealkylation sites (tertiary alicyclic amines) is 1. The summed E-state index contributed by atoms with van der Waals surface area (Å²) in [6.07, 6.45) is 4.21. The molecular formula is C20H30N4O2. The van der Waals surface area contributed by atoms with Crippen LogP contribution in [0.3, 0.4) is 0 Å². The van der Waals surface area contributed by atoms with E-state index in [0.29, 0.717) is 13.0 Å². The molecule has 0 radical (unpaired) electrons. The van der Waals surface area contributed by atoms with Gasteiger partial charge in [0.1, 0.15) is 0 Å². The Hall–Kier alpha value is -1.95. The Labute approximate surface area is 156 Å². The fraction of sp³-hybridized carbons (Fsp3) is 0.650. The second-order valence-corrected chi connectivity index (χ2v) is 8.07. The van der Waals surface area contributed by atoms with E-state index in [1.54, 1.807) is 6.20 Å². The summed E-state index contributed by atoms with van der Waals surface area (Å²) >= 11 is 0. The SMILES string of the molecule is CCN1C[C@]2(CC1=O)CN(Cc1cccnc1)CCN(C(=O)C(C)C)C2. The summed E-state index contributed by atoms with van der Waals surface area (Å²) in [5.41, 5.74) is 0.999. The van der Waals surface area contributed by atoms with Crippen LogP contribution in [0.25, 0.3) is 0 Å². The molecule has 2 fully saturated rings. The molecule has 1 aromatic heterocycles. The second kappa shape index (κ2) is 7.74. The van der Waals surface area contributed by atoms with Crippen molar-refractivity contribution < 1.29 is 9.59 Å². The molecule has 0 N–H and O–H groups in total. The largest absolute Gasteiger partial charge is 0.342 e. The molecule has 1 atom stereocenters. The molecule has 2 amide bonds. The molecule has 2 saturated heterocycles. The lowest BCUT2D eigenvalue weighted by Gasteiger charge is -2.34. The number of aromatic nitrogens is 1. The number of hydrogen-bond acceptors (Lipinski definition) is 4. The lowest BCUT2D eigenvalue weighted by Crippen LogP contribution is -2.45. The van der Waals surface area contributed by atoms with Crippen LogP contribution in [0.2, 0.25) is 0 Å². The highest BCUT2D eigenvalue weighted by Crippen LogP contribution is 2.35. The zero-order valence-corrected chi connectivity index (χ0v) is 16.1. The first kappa shape index (κ1) is 18.8. The highest BCUT2D eigenvalue weighted by atomic mass is 16.2. The molecule has 3 rings (SSSR count). The molecule has 0 bridgehead atoms. The van der Waals surface area contributed by atoms with E-state index in [1.165, 1.54) is 5.56 Å². The Morgan fingerprint density at radius 3 is 2.69 bits per heavy atom. The number of rotatable bonds is 4. The standard InChI is InChI=1S/C20H30N4O2/c1-4-23-14-20(10-18(23)25)13-22(12-17-6-5-7-21-11-17)8-9-24(15-20)19(26)16(2)3/h5-7,11,16H,4,8-10,12-15H2,1-3H3/t20-/m0/s1. The smallest absolute Gasteiger partial charge is 0.225 e. The maximum absolute atomic E-state index is 12.7. The number of carbonyl (C=O) groups excluding carboxylic acids is 2. The van der Waals surface area contributed by atoms with E-state index in [1.807, 2.05) is 42.8 Å². The van der Waals surface area contributed by atoms with E-state index in [9.17, 15) is 9.59 Å². The molecule has 3 heterocycles. The molecule has 6 nitrogen and oxygen atoms in total. The molecular weight excluding hydrogens is 328 g/mol. The molecule has 0 saturated carbocycles. The maximum atomic E-state index is 12.7. The van der Waals surface area contributed by atoms with Gasteiger partial charge in [-0.3, -0.25) is 19.5 Å². The summed E-state index contributed by atoms with van der Waals surface area (Å²) in [6, 6.07) is 4.04. The first-order valence-electron chi connectivity index (χ1n) is 9.60. The Balaban J connectivity index is 1.82. The van der Waals surface area contributed by atoms with Gasteiger partial charge in [-0.15, -0.1) is 0 Å². The van der Waals surface area contributed by atoms with Crippen LogP contribution in [0, 0.1) is 11.3 Å². The summed E-state index contributed by atoms with van der Waals surface area (Å²) in [6.45, 7) is 11.3. The number of nitrogens with zero attached hydrogens (tertiary/aromatic N) is 4. The molecule has 0 aliphatic carbocycles. The fourth-order valence-electron chi connectivity index (χ4n) is 4.27. The van der Waals surface area contributed by atoms with E-state index in [2.05, 4.69) is 16.0 Å². The Morgan fingerprint density at radius 2 is 2.08 bits per heavy atom. The number of pyridine rings is 1. The number of amides is 2. The van der Waals surface area contributed by atoms with Crippen molar-refractivity contribution >= 4 is 11.8 Å². The lowest BCUT2D eigenvalue weighted by atomic mass is 9.85. The van der Waals surface area contributed by atoms with E-state index in [-0.39, 0.29) is 23.1 Å². The zero-order valence-electron chi connectivity index (χ0n) is 16.1. The lowest BCUT2D eigenvalue weighted by molar-refractivity contribution is -0.135. The summed E-state index contributed by atoms with van der Waals surface area (Å²) < 4.78 is 0. The van der Waals surface area contributed by atoms with Gasteiger partial charge in [-0.05, 0) is 18.6 Å². The minimum Gasteiger partial charge on any atom is -0.342 e. The molecule has 1 aromatic rings. The Bertz CT molecular complexity index is 648. The second-order valence-electron chi connectivity index (χ2n) is 8.07. The van der Waals surface area contributed by atoms with Crippen molar-refractivity contribution in [1.29, 1.82) is 0 Å². The summed E-state index contributed by atoms with van der Waals surface area (Å²) in [5.74, 6) is 0.388. The van der Waals surface area contributed by atoms with Gasteiger partial charge < -0.3 is 9.80 Å². The third kappa shape index (κ3) is 4.06. The van der Waals surface area contributed by atoms with Gasteiger partial charge in [-0.25, -0.2) is 0 Å². The highest BCUT2D eigenvalue weighted by molar-refractivity contribution is 5.81. The van der Waals surface area contributed by atoms with Crippen LogP contribution in [0.4, 0.5) is 0 Å². The molecule has 0 unspecified atom stereocenters. The van der Waals surface area contributed by atoms with Gasteiger partial charge in [-0.1, -0.05) is 19.9 Å². The third-order valence-corrected chi connectivity index (χ3v) is 5.49. The van der Waals surface area contributed by atoms with Crippen LogP contribution in [0.5, 0.6) is 0 Å². The van der Waals surface area contributed by atoms with Crippen molar-refractivity contribution in [1.82, 2.24) is 19.7 Å². The average molecular weight is 358 g/mol. The Morgan fingerprint density at radius 1 is 1.27 bits per heavy atom. The van der Waals surface area contributed by atoms with Crippen molar-refractivity contribution in [3.05, 3.63) is 30.1 Å². The molecule has 1 spiro atoms. The van der Waals surface area contributed by atoms with E-state index in [4.69, 9.17) is 0 Å². The molecule has 0 aromatic carbocycles. The van der Waals surface area contributed by atoms with E-state index >= 15 is 0 Å². The van der Waals surface area contributed by atoms with Crippen LogP contribution in [-0.4, -0.2) is 70.8 Å². The van der Waals surface area contributed by atoms with Gasteiger partial charge in [0, 0.05) is 76.0 Å². The van der Waals surface area contributed by atoms with Crippen molar-refractivity contribution in [2.24, 2.45) is 11.3 Å². The predicted molar refractivity (Wildman–Crippen MR) is 100 cm³/mol. The van der Waals surface area contributed by atoms with Gasteiger partial charge >= 0.3 is 0 Å². The van der Waals surface area contributed by atoms with Gasteiger partial charge in [0.2, 0.25) is 11.8 Å². The van der Waals surface area contributed by atoms with Gasteiger partial charge in [0.05, 0.1) is 0 Å². The molecule has 2 aliphatic rings. The van der Waals surface area contributed by atoms with Gasteiger partial charge in [0.15, 0.2) is 0 Å². The summed E-state index contributed by atoms with van der Waals surface area (Å²) in [7, 11) is 0. The summed E-state index contributed by atoms with van der Waals surface area (Å²) in [5, 5.41) is 0. The number of hydrogen-bond donors (Lipinski definition) is 0. The summed E-state index contributed by atoms with van der Waals surface area (Å²) in [4.78, 5) is 35.7. The minimum absolute atomic E-state index is 0.0173.